The predicted octanol–water partition coefficient (Wildman–Crippen LogP) is 0.722. The number of carbonyl (C=O) groups is 1. The zero-order chi connectivity index (χ0) is 16.4. The van der Waals surface area contributed by atoms with Gasteiger partial charge in [-0.2, -0.15) is 0 Å². The van der Waals surface area contributed by atoms with Crippen molar-refractivity contribution in [2.24, 2.45) is 0 Å². The maximum absolute atomic E-state index is 12.5. The Morgan fingerprint density at radius 1 is 1.27 bits per heavy atom. The van der Waals surface area contributed by atoms with E-state index in [2.05, 4.69) is 0 Å². The minimum atomic E-state index is -0.496. The third-order valence-corrected chi connectivity index (χ3v) is 4.69. The fraction of sp³-hybridized carbons (Fsp3) is 0.500. The number of hydrogen-bond donors (Lipinski definition) is 1. The van der Waals surface area contributed by atoms with Gasteiger partial charge in [0.05, 0.1) is 25.1 Å². The number of esters is 1. The van der Waals surface area contributed by atoms with Crippen LogP contribution in [0.3, 0.4) is 0 Å². The molecule has 0 saturated heterocycles. The molecule has 2 heterocycles. The van der Waals surface area contributed by atoms with Crippen molar-refractivity contribution in [2.45, 2.75) is 33.9 Å². The van der Waals surface area contributed by atoms with Gasteiger partial charge in [-0.15, -0.1) is 11.3 Å². The van der Waals surface area contributed by atoms with Gasteiger partial charge in [0, 0.05) is 6.54 Å². The van der Waals surface area contributed by atoms with Crippen LogP contribution in [0, 0.1) is 6.92 Å². The zero-order valence-electron chi connectivity index (χ0n) is 12.7. The van der Waals surface area contributed by atoms with Crippen LogP contribution in [0.1, 0.15) is 29.1 Å². The number of rotatable bonds is 5. The van der Waals surface area contributed by atoms with Gasteiger partial charge in [-0.25, -0.2) is 9.59 Å². The molecule has 8 heteroatoms. The molecule has 120 valence electrons. The van der Waals surface area contributed by atoms with E-state index in [-0.39, 0.29) is 19.8 Å². The normalized spacial score (nSPS) is 11.1. The van der Waals surface area contributed by atoms with Crippen molar-refractivity contribution in [3.8, 4) is 0 Å². The molecule has 0 radical (unpaired) electrons. The summed E-state index contributed by atoms with van der Waals surface area (Å²) in [5.41, 5.74) is -0.453. The fourth-order valence-corrected chi connectivity index (χ4v) is 3.61. The predicted molar refractivity (Wildman–Crippen MR) is 83.8 cm³/mol. The van der Waals surface area contributed by atoms with E-state index in [4.69, 9.17) is 9.84 Å². The Bertz CT molecular complexity index is 830. The maximum Gasteiger partial charge on any atom is 0.348 e. The molecule has 0 saturated carbocycles. The van der Waals surface area contributed by atoms with Gasteiger partial charge in [0.1, 0.15) is 9.71 Å². The van der Waals surface area contributed by atoms with E-state index in [0.717, 1.165) is 15.9 Å². The molecule has 2 rings (SSSR count). The van der Waals surface area contributed by atoms with E-state index in [9.17, 15) is 14.4 Å². The van der Waals surface area contributed by atoms with E-state index in [1.807, 2.05) is 0 Å². The van der Waals surface area contributed by atoms with Gasteiger partial charge in [-0.1, -0.05) is 0 Å². The molecule has 7 nitrogen and oxygen atoms in total. The molecule has 0 fully saturated rings. The third kappa shape index (κ3) is 2.48. The van der Waals surface area contributed by atoms with Crippen LogP contribution in [0.25, 0.3) is 10.2 Å². The Hall–Kier alpha value is -1.93. The topological polar surface area (TPSA) is 90.5 Å². The number of aliphatic hydroxyl groups excluding tert-OH is 1. The highest BCUT2D eigenvalue weighted by molar-refractivity contribution is 7.20. The Kier molecular flexibility index (Phi) is 4.82. The standard InChI is InChI=1S/C14H18N2O5S/c1-4-15-12-9(11(18)16(6-7-17)14(15)20)8(3)10(22-12)13(19)21-5-2/h17H,4-7H2,1-3H3. The van der Waals surface area contributed by atoms with Crippen LogP contribution in [0.4, 0.5) is 0 Å². The number of fused-ring (bicyclic) bond motifs is 1. The summed E-state index contributed by atoms with van der Waals surface area (Å²) in [5.74, 6) is -0.496. The second kappa shape index (κ2) is 6.45. The summed E-state index contributed by atoms with van der Waals surface area (Å²) in [4.78, 5) is 37.7. The first kappa shape index (κ1) is 16.4. The van der Waals surface area contributed by atoms with Crippen LogP contribution in [0.2, 0.25) is 0 Å². The molecule has 0 aliphatic carbocycles. The number of aryl methyl sites for hydroxylation is 2. The summed E-state index contributed by atoms with van der Waals surface area (Å²) >= 11 is 1.09. The average Bonchev–Trinajstić information content (AvgIpc) is 2.82. The van der Waals surface area contributed by atoms with Crippen molar-refractivity contribution in [1.82, 2.24) is 9.13 Å². The van der Waals surface area contributed by atoms with Gasteiger partial charge in [0.15, 0.2) is 0 Å². The van der Waals surface area contributed by atoms with E-state index in [0.29, 0.717) is 27.2 Å². The first-order valence-electron chi connectivity index (χ1n) is 7.02. The van der Waals surface area contributed by atoms with Crippen LogP contribution in [-0.2, 0) is 17.8 Å². The van der Waals surface area contributed by atoms with E-state index in [1.165, 1.54) is 4.57 Å². The Balaban J connectivity index is 2.87. The van der Waals surface area contributed by atoms with Crippen LogP contribution >= 0.6 is 11.3 Å². The number of hydrogen-bond acceptors (Lipinski definition) is 6. The van der Waals surface area contributed by atoms with Crippen LogP contribution in [0.15, 0.2) is 9.59 Å². The molecule has 22 heavy (non-hydrogen) atoms. The lowest BCUT2D eigenvalue weighted by molar-refractivity contribution is 0.0531. The lowest BCUT2D eigenvalue weighted by Gasteiger charge is -2.09. The highest BCUT2D eigenvalue weighted by atomic mass is 32.1. The second-order valence-electron chi connectivity index (χ2n) is 4.66. The molecule has 0 unspecified atom stereocenters. The monoisotopic (exact) mass is 326 g/mol. The lowest BCUT2D eigenvalue weighted by atomic mass is 10.2. The summed E-state index contributed by atoms with van der Waals surface area (Å²) < 4.78 is 7.43. The van der Waals surface area contributed by atoms with Gasteiger partial charge in [-0.3, -0.25) is 13.9 Å². The van der Waals surface area contributed by atoms with Crippen molar-refractivity contribution < 1.29 is 14.6 Å². The Morgan fingerprint density at radius 2 is 1.95 bits per heavy atom. The minimum Gasteiger partial charge on any atom is -0.462 e. The average molecular weight is 326 g/mol. The van der Waals surface area contributed by atoms with Crippen molar-refractivity contribution in [1.29, 1.82) is 0 Å². The van der Waals surface area contributed by atoms with Gasteiger partial charge in [0.2, 0.25) is 0 Å². The van der Waals surface area contributed by atoms with Crippen molar-refractivity contribution >= 4 is 27.5 Å². The van der Waals surface area contributed by atoms with Gasteiger partial charge < -0.3 is 9.84 Å². The van der Waals surface area contributed by atoms with Gasteiger partial charge >= 0.3 is 11.7 Å². The largest absolute Gasteiger partial charge is 0.462 e. The second-order valence-corrected chi connectivity index (χ2v) is 5.66. The Morgan fingerprint density at radius 3 is 2.50 bits per heavy atom. The molecule has 0 bridgehead atoms. The molecular weight excluding hydrogens is 308 g/mol. The fourth-order valence-electron chi connectivity index (χ4n) is 2.36. The quantitative estimate of drug-likeness (QED) is 0.818. The Labute approximate surface area is 130 Å². The number of aromatic nitrogens is 2. The minimum absolute atomic E-state index is 0.0718. The molecule has 0 aliphatic rings. The van der Waals surface area contributed by atoms with Crippen LogP contribution < -0.4 is 11.2 Å². The number of ether oxygens (including phenoxy) is 1. The summed E-state index contributed by atoms with van der Waals surface area (Å²) in [6, 6.07) is 0. The first-order chi connectivity index (χ1) is 10.5. The van der Waals surface area contributed by atoms with E-state index in [1.54, 1.807) is 20.8 Å². The van der Waals surface area contributed by atoms with Crippen molar-refractivity contribution in [3.05, 3.63) is 31.3 Å². The number of thiophene rings is 1. The summed E-state index contributed by atoms with van der Waals surface area (Å²) in [6.45, 7) is 5.38. The number of aliphatic hydroxyl groups is 1. The molecule has 0 atom stereocenters. The van der Waals surface area contributed by atoms with E-state index >= 15 is 0 Å². The van der Waals surface area contributed by atoms with Gasteiger partial charge in [-0.05, 0) is 26.3 Å². The van der Waals surface area contributed by atoms with Crippen LogP contribution in [-0.4, -0.2) is 33.4 Å². The van der Waals surface area contributed by atoms with Crippen molar-refractivity contribution in [2.75, 3.05) is 13.2 Å². The SMILES string of the molecule is CCOC(=O)c1sc2c(c1C)c(=O)n(CCO)c(=O)n2CC. The highest BCUT2D eigenvalue weighted by Crippen LogP contribution is 2.28. The zero-order valence-corrected chi connectivity index (χ0v) is 13.5. The molecule has 0 amide bonds. The summed E-state index contributed by atoms with van der Waals surface area (Å²) in [6.07, 6.45) is 0. The molecule has 0 aliphatic heterocycles. The summed E-state index contributed by atoms with van der Waals surface area (Å²) in [5, 5.41) is 9.39. The summed E-state index contributed by atoms with van der Waals surface area (Å²) in [7, 11) is 0. The molecule has 1 N–H and O–H groups in total. The first-order valence-corrected chi connectivity index (χ1v) is 7.84. The maximum atomic E-state index is 12.5. The molecule has 2 aromatic heterocycles. The van der Waals surface area contributed by atoms with Crippen molar-refractivity contribution in [3.63, 3.8) is 0 Å². The molecule has 0 spiro atoms. The van der Waals surface area contributed by atoms with Crippen LogP contribution in [0.5, 0.6) is 0 Å². The van der Waals surface area contributed by atoms with E-state index < -0.39 is 17.2 Å². The van der Waals surface area contributed by atoms with Gasteiger partial charge in [0.25, 0.3) is 5.56 Å². The smallest absolute Gasteiger partial charge is 0.348 e. The number of nitrogens with zero attached hydrogens (tertiary/aromatic N) is 2. The molecule has 0 aromatic carbocycles. The lowest BCUT2D eigenvalue weighted by Crippen LogP contribution is -2.40. The molecule has 2 aromatic rings. The molecular formula is C14H18N2O5S. The number of carbonyl (C=O) groups excluding carboxylic acids is 1. The third-order valence-electron chi connectivity index (χ3n) is 3.39. The highest BCUT2D eigenvalue weighted by Gasteiger charge is 2.23.